The largest absolute Gasteiger partial charge is 0.464 e. The van der Waals surface area contributed by atoms with Gasteiger partial charge in [0.25, 0.3) is 5.91 Å². The Hall–Kier alpha value is -2.59. The van der Waals surface area contributed by atoms with Gasteiger partial charge in [0, 0.05) is 29.6 Å². The lowest BCUT2D eigenvalue weighted by Gasteiger charge is -2.33. The van der Waals surface area contributed by atoms with Gasteiger partial charge in [0.05, 0.1) is 6.26 Å². The number of nitrogens with two attached hydrogens (primary N) is 1. The van der Waals surface area contributed by atoms with Crippen LogP contribution in [0, 0.1) is 13.8 Å². The Morgan fingerprint density at radius 3 is 2.76 bits per heavy atom. The van der Waals surface area contributed by atoms with Crippen molar-refractivity contribution in [2.24, 2.45) is 5.73 Å². The summed E-state index contributed by atoms with van der Waals surface area (Å²) in [6.07, 6.45) is 5.29. The van der Waals surface area contributed by atoms with Crippen molar-refractivity contribution in [1.82, 2.24) is 4.90 Å². The Morgan fingerprint density at radius 2 is 1.93 bits per heavy atom. The zero-order valence-corrected chi connectivity index (χ0v) is 17.6. The van der Waals surface area contributed by atoms with Gasteiger partial charge >= 0.3 is 0 Å². The molecule has 29 heavy (non-hydrogen) atoms. The zero-order chi connectivity index (χ0) is 20.6. The van der Waals surface area contributed by atoms with Crippen molar-refractivity contribution in [1.29, 1.82) is 0 Å². The van der Waals surface area contributed by atoms with E-state index in [1.807, 2.05) is 35.4 Å². The third-order valence-electron chi connectivity index (χ3n) is 6.50. The molecule has 4 nitrogen and oxygen atoms in total. The number of hydrogen-bond donors (Lipinski definition) is 1. The summed E-state index contributed by atoms with van der Waals surface area (Å²) in [6, 6.07) is 12.1. The van der Waals surface area contributed by atoms with Gasteiger partial charge in [-0.25, -0.2) is 0 Å². The molecule has 1 unspecified atom stereocenters. The van der Waals surface area contributed by atoms with E-state index >= 15 is 0 Å². The van der Waals surface area contributed by atoms with Crippen LogP contribution in [0.3, 0.4) is 0 Å². The van der Waals surface area contributed by atoms with E-state index in [0.717, 1.165) is 48.8 Å². The van der Waals surface area contributed by atoms with Crippen LogP contribution in [0.25, 0.3) is 11.0 Å². The predicted molar refractivity (Wildman–Crippen MR) is 117 cm³/mol. The number of carbonyl (C=O) groups is 1. The standard InChI is InChI=1S/C25H30N2O2/c1-17-8-9-22-20(18(17)2)11-14-27(24(22)28)15-13-25(3,26)12-10-19-16-29-23-7-5-4-6-21(19)23/h4-9,16H,10-15,26H2,1-3H3. The number of para-hydroxylation sites is 1. The van der Waals surface area contributed by atoms with Gasteiger partial charge in [0.15, 0.2) is 0 Å². The second-order valence-corrected chi connectivity index (χ2v) is 8.74. The van der Waals surface area contributed by atoms with Crippen molar-refractivity contribution >= 4 is 16.9 Å². The van der Waals surface area contributed by atoms with E-state index in [9.17, 15) is 4.79 Å². The lowest BCUT2D eigenvalue weighted by molar-refractivity contribution is 0.0726. The van der Waals surface area contributed by atoms with Crippen LogP contribution in [0.1, 0.15) is 52.4 Å². The summed E-state index contributed by atoms with van der Waals surface area (Å²) in [5.41, 5.74) is 13.0. The van der Waals surface area contributed by atoms with E-state index < -0.39 is 0 Å². The Kier molecular flexibility index (Phi) is 5.22. The molecule has 0 spiro atoms. The number of fused-ring (bicyclic) bond motifs is 2. The summed E-state index contributed by atoms with van der Waals surface area (Å²) < 4.78 is 5.64. The maximum absolute atomic E-state index is 13.0. The maximum atomic E-state index is 13.0. The van der Waals surface area contributed by atoms with Gasteiger partial charge in [-0.2, -0.15) is 0 Å². The van der Waals surface area contributed by atoms with Crippen LogP contribution in [-0.2, 0) is 12.8 Å². The van der Waals surface area contributed by atoms with Gasteiger partial charge in [0.2, 0.25) is 0 Å². The predicted octanol–water partition coefficient (Wildman–Crippen LogP) is 4.79. The molecular formula is C25H30N2O2. The number of furan rings is 1. The normalized spacial score (nSPS) is 16.1. The number of rotatable bonds is 6. The number of amides is 1. The first kappa shape index (κ1) is 19.7. The molecule has 0 saturated heterocycles. The van der Waals surface area contributed by atoms with E-state index in [0.29, 0.717) is 6.54 Å². The van der Waals surface area contributed by atoms with Gasteiger partial charge < -0.3 is 15.1 Å². The number of benzene rings is 2. The summed E-state index contributed by atoms with van der Waals surface area (Å²) in [6.45, 7) is 7.79. The highest BCUT2D eigenvalue weighted by Crippen LogP contribution is 2.27. The van der Waals surface area contributed by atoms with E-state index in [-0.39, 0.29) is 11.4 Å². The van der Waals surface area contributed by atoms with Crippen LogP contribution in [0.5, 0.6) is 0 Å². The fourth-order valence-corrected chi connectivity index (χ4v) is 4.29. The maximum Gasteiger partial charge on any atom is 0.254 e. The molecule has 3 aromatic rings. The summed E-state index contributed by atoms with van der Waals surface area (Å²) in [7, 11) is 0. The molecule has 1 amide bonds. The molecule has 0 aliphatic carbocycles. The van der Waals surface area contributed by atoms with Crippen LogP contribution >= 0.6 is 0 Å². The second kappa shape index (κ2) is 7.68. The average molecular weight is 391 g/mol. The van der Waals surface area contributed by atoms with E-state index in [1.54, 1.807) is 0 Å². The van der Waals surface area contributed by atoms with Gasteiger partial charge in [-0.3, -0.25) is 4.79 Å². The molecule has 2 N–H and O–H groups in total. The molecule has 152 valence electrons. The fraction of sp³-hybridized carbons (Fsp3) is 0.400. The number of aryl methyl sites for hydroxylation is 2. The van der Waals surface area contributed by atoms with Crippen molar-refractivity contribution in [3.63, 3.8) is 0 Å². The van der Waals surface area contributed by atoms with Crippen molar-refractivity contribution in [2.75, 3.05) is 13.1 Å². The van der Waals surface area contributed by atoms with E-state index in [2.05, 4.69) is 32.9 Å². The zero-order valence-electron chi connectivity index (χ0n) is 17.6. The van der Waals surface area contributed by atoms with E-state index in [1.165, 1.54) is 22.3 Å². The molecule has 0 bridgehead atoms. The van der Waals surface area contributed by atoms with Gasteiger partial charge in [-0.15, -0.1) is 0 Å². The minimum atomic E-state index is -0.331. The molecule has 4 heteroatoms. The van der Waals surface area contributed by atoms with Crippen LogP contribution in [0.2, 0.25) is 0 Å². The first-order chi connectivity index (χ1) is 13.9. The number of carbonyl (C=O) groups excluding carboxylic acids is 1. The van der Waals surface area contributed by atoms with Crippen LogP contribution in [0.15, 0.2) is 47.1 Å². The lowest BCUT2D eigenvalue weighted by Crippen LogP contribution is -2.44. The smallest absolute Gasteiger partial charge is 0.254 e. The quantitative estimate of drug-likeness (QED) is 0.658. The van der Waals surface area contributed by atoms with Crippen molar-refractivity contribution in [3.05, 3.63) is 70.5 Å². The summed E-state index contributed by atoms with van der Waals surface area (Å²) >= 11 is 0. The Morgan fingerprint density at radius 1 is 1.14 bits per heavy atom. The summed E-state index contributed by atoms with van der Waals surface area (Å²) in [5, 5.41) is 1.16. The Bertz CT molecular complexity index is 1050. The molecule has 1 aliphatic heterocycles. The monoisotopic (exact) mass is 390 g/mol. The third kappa shape index (κ3) is 3.95. The van der Waals surface area contributed by atoms with Crippen LogP contribution in [-0.4, -0.2) is 29.4 Å². The highest BCUT2D eigenvalue weighted by Gasteiger charge is 2.28. The highest BCUT2D eigenvalue weighted by atomic mass is 16.3. The van der Waals surface area contributed by atoms with Crippen LogP contribution in [0.4, 0.5) is 0 Å². The SMILES string of the molecule is Cc1ccc2c(c1C)CCN(CCC(C)(N)CCc1coc3ccccc13)C2=O. The molecule has 1 aliphatic rings. The molecule has 4 rings (SSSR count). The third-order valence-corrected chi connectivity index (χ3v) is 6.50. The molecule has 2 heterocycles. The number of nitrogens with zero attached hydrogens (tertiary/aromatic N) is 1. The topological polar surface area (TPSA) is 59.5 Å². The molecule has 2 aromatic carbocycles. The molecule has 0 saturated carbocycles. The fourth-order valence-electron chi connectivity index (χ4n) is 4.29. The second-order valence-electron chi connectivity index (χ2n) is 8.74. The summed E-state index contributed by atoms with van der Waals surface area (Å²) in [4.78, 5) is 14.9. The van der Waals surface area contributed by atoms with Crippen molar-refractivity contribution in [2.45, 2.75) is 52.0 Å². The Balaban J connectivity index is 1.38. The average Bonchev–Trinajstić information content (AvgIpc) is 3.12. The van der Waals surface area contributed by atoms with Crippen molar-refractivity contribution in [3.8, 4) is 0 Å². The van der Waals surface area contributed by atoms with Crippen LogP contribution < -0.4 is 5.73 Å². The molecule has 1 aromatic heterocycles. The molecule has 0 radical (unpaired) electrons. The van der Waals surface area contributed by atoms with E-state index in [4.69, 9.17) is 10.2 Å². The van der Waals surface area contributed by atoms with Gasteiger partial charge in [-0.1, -0.05) is 24.3 Å². The van der Waals surface area contributed by atoms with Gasteiger partial charge in [0.1, 0.15) is 5.58 Å². The van der Waals surface area contributed by atoms with Gasteiger partial charge in [-0.05, 0) is 80.8 Å². The molecular weight excluding hydrogens is 360 g/mol. The minimum Gasteiger partial charge on any atom is -0.464 e. The molecule has 1 atom stereocenters. The minimum absolute atomic E-state index is 0.144. The molecule has 0 fully saturated rings. The number of hydrogen-bond acceptors (Lipinski definition) is 3. The highest BCUT2D eigenvalue weighted by molar-refractivity contribution is 5.97. The summed E-state index contributed by atoms with van der Waals surface area (Å²) in [5.74, 6) is 0.144. The first-order valence-electron chi connectivity index (χ1n) is 10.5. The lowest BCUT2D eigenvalue weighted by atomic mass is 9.89. The first-order valence-corrected chi connectivity index (χ1v) is 10.5. The van der Waals surface area contributed by atoms with Crippen molar-refractivity contribution < 1.29 is 9.21 Å². The Labute approximate surface area is 172 Å².